The zero-order valence-electron chi connectivity index (χ0n) is 13.8. The van der Waals surface area contributed by atoms with Gasteiger partial charge in [-0.1, -0.05) is 46.0 Å². The second-order valence-electron chi connectivity index (χ2n) is 6.69. The number of aromatic nitrogens is 2. The van der Waals surface area contributed by atoms with Crippen LogP contribution in [0.4, 0.5) is 0 Å². The highest BCUT2D eigenvalue weighted by Crippen LogP contribution is 2.28. The molecule has 0 bridgehead atoms. The quantitative estimate of drug-likeness (QED) is 0.765. The molecular weight excluding hydrogens is 260 g/mol. The average Bonchev–Trinajstić information content (AvgIpc) is 2.96. The highest BCUT2D eigenvalue weighted by Gasteiger charge is 2.20. The van der Waals surface area contributed by atoms with Crippen molar-refractivity contribution in [3.05, 3.63) is 18.0 Å². The Morgan fingerprint density at radius 1 is 1.19 bits per heavy atom. The van der Waals surface area contributed by atoms with Crippen LogP contribution in [0.25, 0.3) is 0 Å². The van der Waals surface area contributed by atoms with Crippen molar-refractivity contribution in [2.75, 3.05) is 0 Å². The van der Waals surface area contributed by atoms with Crippen LogP contribution in [0.15, 0.2) is 12.3 Å². The Morgan fingerprint density at radius 2 is 1.86 bits per heavy atom. The van der Waals surface area contributed by atoms with Crippen LogP contribution in [0.3, 0.4) is 0 Å². The van der Waals surface area contributed by atoms with Crippen molar-refractivity contribution in [1.29, 1.82) is 0 Å². The van der Waals surface area contributed by atoms with Crippen LogP contribution in [0.5, 0.6) is 0 Å². The van der Waals surface area contributed by atoms with Gasteiger partial charge in [0.2, 0.25) is 0 Å². The molecule has 3 heteroatoms. The van der Waals surface area contributed by atoms with E-state index in [-0.39, 0.29) is 6.10 Å². The second kappa shape index (κ2) is 8.57. The van der Waals surface area contributed by atoms with Crippen molar-refractivity contribution in [3.8, 4) is 0 Å². The van der Waals surface area contributed by atoms with Gasteiger partial charge in [-0.05, 0) is 37.7 Å². The van der Waals surface area contributed by atoms with Gasteiger partial charge in [-0.3, -0.25) is 4.68 Å². The molecule has 1 aliphatic carbocycles. The van der Waals surface area contributed by atoms with Crippen molar-refractivity contribution in [1.82, 2.24) is 9.78 Å². The molecule has 1 fully saturated rings. The number of nitrogens with zero attached hydrogens (tertiary/aromatic N) is 2. The van der Waals surface area contributed by atoms with Gasteiger partial charge in [-0.15, -0.1) is 0 Å². The fourth-order valence-electron chi connectivity index (χ4n) is 3.69. The van der Waals surface area contributed by atoms with Crippen molar-refractivity contribution in [2.24, 2.45) is 5.92 Å². The predicted octanol–water partition coefficient (Wildman–Crippen LogP) is 4.51. The van der Waals surface area contributed by atoms with Crippen LogP contribution in [0.2, 0.25) is 0 Å². The van der Waals surface area contributed by atoms with Crippen LogP contribution >= 0.6 is 0 Å². The zero-order valence-corrected chi connectivity index (χ0v) is 13.8. The predicted molar refractivity (Wildman–Crippen MR) is 87.4 cm³/mol. The topological polar surface area (TPSA) is 38.0 Å². The van der Waals surface area contributed by atoms with E-state index in [0.29, 0.717) is 18.4 Å². The first-order chi connectivity index (χ1) is 10.2. The fraction of sp³-hybridized carbons (Fsp3) is 0.833. The third-order valence-corrected chi connectivity index (χ3v) is 4.89. The molecule has 1 saturated carbocycles. The van der Waals surface area contributed by atoms with Gasteiger partial charge in [0.05, 0.1) is 17.8 Å². The van der Waals surface area contributed by atoms with Gasteiger partial charge in [0.1, 0.15) is 0 Å². The molecule has 21 heavy (non-hydrogen) atoms. The Morgan fingerprint density at radius 3 is 2.48 bits per heavy atom. The van der Waals surface area contributed by atoms with Gasteiger partial charge >= 0.3 is 0 Å². The Labute approximate surface area is 129 Å². The van der Waals surface area contributed by atoms with E-state index >= 15 is 0 Å². The standard InChI is InChI=1S/C18H32N2O/c1-3-8-15(9-4-2)18(21)14-16-12-13-20(19-16)17-10-6-5-7-11-17/h12-13,15,17-18,21H,3-11,14H2,1-2H3. The Kier molecular flexibility index (Phi) is 6.75. The van der Waals surface area contributed by atoms with E-state index in [4.69, 9.17) is 5.10 Å². The minimum Gasteiger partial charge on any atom is -0.392 e. The maximum atomic E-state index is 10.5. The monoisotopic (exact) mass is 292 g/mol. The normalized spacial score (nSPS) is 18.3. The molecule has 1 aromatic rings. The molecule has 1 N–H and O–H groups in total. The molecule has 1 aliphatic rings. The molecule has 120 valence electrons. The summed E-state index contributed by atoms with van der Waals surface area (Å²) < 4.78 is 2.15. The lowest BCUT2D eigenvalue weighted by atomic mass is 9.90. The molecule has 1 heterocycles. The molecule has 2 rings (SSSR count). The van der Waals surface area contributed by atoms with Gasteiger partial charge in [0.15, 0.2) is 0 Å². The van der Waals surface area contributed by atoms with Gasteiger partial charge in [0, 0.05) is 12.6 Å². The summed E-state index contributed by atoms with van der Waals surface area (Å²) >= 11 is 0. The summed E-state index contributed by atoms with van der Waals surface area (Å²) in [6.45, 7) is 4.40. The summed E-state index contributed by atoms with van der Waals surface area (Å²) in [7, 11) is 0. The molecule has 1 unspecified atom stereocenters. The summed E-state index contributed by atoms with van der Waals surface area (Å²) in [6.07, 6.45) is 13.7. The van der Waals surface area contributed by atoms with Crippen LogP contribution in [-0.2, 0) is 6.42 Å². The SMILES string of the molecule is CCCC(CCC)C(O)Cc1ccn(C2CCCCC2)n1. The van der Waals surface area contributed by atoms with E-state index < -0.39 is 0 Å². The van der Waals surface area contributed by atoms with Gasteiger partial charge in [0.25, 0.3) is 0 Å². The smallest absolute Gasteiger partial charge is 0.0650 e. The third-order valence-electron chi connectivity index (χ3n) is 4.89. The molecule has 0 amide bonds. The van der Waals surface area contributed by atoms with Gasteiger partial charge in [-0.2, -0.15) is 5.10 Å². The van der Waals surface area contributed by atoms with Crippen molar-refractivity contribution in [3.63, 3.8) is 0 Å². The molecule has 0 saturated heterocycles. The summed E-state index contributed by atoms with van der Waals surface area (Å²) in [5.74, 6) is 0.430. The van der Waals surface area contributed by atoms with E-state index in [1.807, 2.05) is 0 Å². The molecule has 1 atom stereocenters. The highest BCUT2D eigenvalue weighted by molar-refractivity contribution is 5.02. The highest BCUT2D eigenvalue weighted by atomic mass is 16.3. The van der Waals surface area contributed by atoms with Gasteiger partial charge < -0.3 is 5.11 Å². The summed E-state index contributed by atoms with van der Waals surface area (Å²) in [5.41, 5.74) is 1.06. The lowest BCUT2D eigenvalue weighted by Gasteiger charge is -2.22. The first-order valence-corrected chi connectivity index (χ1v) is 8.96. The van der Waals surface area contributed by atoms with Crippen LogP contribution in [0.1, 0.15) is 83.4 Å². The van der Waals surface area contributed by atoms with E-state index in [1.165, 1.54) is 32.1 Å². The molecule has 0 aliphatic heterocycles. The maximum Gasteiger partial charge on any atom is 0.0650 e. The Balaban J connectivity index is 1.91. The number of aliphatic hydroxyl groups excluding tert-OH is 1. The lowest BCUT2D eigenvalue weighted by molar-refractivity contribution is 0.0951. The summed E-state index contributed by atoms with van der Waals surface area (Å²) in [6, 6.07) is 2.69. The van der Waals surface area contributed by atoms with E-state index in [9.17, 15) is 5.11 Å². The zero-order chi connectivity index (χ0) is 15.1. The average molecular weight is 292 g/mol. The van der Waals surface area contributed by atoms with Crippen molar-refractivity contribution < 1.29 is 5.11 Å². The Bertz CT molecular complexity index is 390. The largest absolute Gasteiger partial charge is 0.392 e. The van der Waals surface area contributed by atoms with Crippen LogP contribution in [0, 0.1) is 5.92 Å². The second-order valence-corrected chi connectivity index (χ2v) is 6.69. The summed E-state index contributed by atoms with van der Waals surface area (Å²) in [5, 5.41) is 15.2. The van der Waals surface area contributed by atoms with E-state index in [0.717, 1.165) is 31.4 Å². The molecule has 1 aromatic heterocycles. The first-order valence-electron chi connectivity index (χ1n) is 8.96. The maximum absolute atomic E-state index is 10.5. The third kappa shape index (κ3) is 4.84. The molecule has 0 spiro atoms. The lowest BCUT2D eigenvalue weighted by Crippen LogP contribution is -2.23. The van der Waals surface area contributed by atoms with Crippen LogP contribution < -0.4 is 0 Å². The molecule has 0 aromatic carbocycles. The number of rotatable bonds is 8. The number of aliphatic hydroxyl groups is 1. The molecule has 3 nitrogen and oxygen atoms in total. The minimum atomic E-state index is -0.236. The van der Waals surface area contributed by atoms with E-state index in [2.05, 4.69) is 30.8 Å². The van der Waals surface area contributed by atoms with Gasteiger partial charge in [-0.25, -0.2) is 0 Å². The van der Waals surface area contributed by atoms with Crippen LogP contribution in [-0.4, -0.2) is 21.0 Å². The van der Waals surface area contributed by atoms with E-state index in [1.54, 1.807) is 0 Å². The first kappa shape index (κ1) is 16.5. The number of hydrogen-bond donors (Lipinski definition) is 1. The molecule has 0 radical (unpaired) electrons. The summed E-state index contributed by atoms with van der Waals surface area (Å²) in [4.78, 5) is 0. The van der Waals surface area contributed by atoms with Crippen molar-refractivity contribution >= 4 is 0 Å². The van der Waals surface area contributed by atoms with Crippen molar-refractivity contribution in [2.45, 2.75) is 90.2 Å². The molecular formula is C18H32N2O. The minimum absolute atomic E-state index is 0.236. The Hall–Kier alpha value is -0.830. The number of hydrogen-bond acceptors (Lipinski definition) is 2. The fourth-order valence-corrected chi connectivity index (χ4v) is 3.69.